The second-order valence-electron chi connectivity index (χ2n) is 7.48. The Bertz CT molecular complexity index is 788. The summed E-state index contributed by atoms with van der Waals surface area (Å²) in [7, 11) is 1.60. The van der Waals surface area contributed by atoms with E-state index in [1.807, 2.05) is 45.0 Å². The number of para-hydroxylation sites is 2. The number of hydrogen-bond acceptors (Lipinski definition) is 6. The van der Waals surface area contributed by atoms with Gasteiger partial charge in [-0.05, 0) is 45.7 Å². The van der Waals surface area contributed by atoms with Crippen LogP contribution in [0, 0.1) is 0 Å². The number of nitrogens with one attached hydrogen (secondary N) is 1. The van der Waals surface area contributed by atoms with E-state index in [4.69, 9.17) is 14.5 Å². The smallest absolute Gasteiger partial charge is 0.407 e. The second-order valence-corrected chi connectivity index (χ2v) is 7.48. The molecule has 2 aromatic rings. The standard InChI is InChI=1S/C19H26N4O3/c1-19(2,3)26-18(24)20-13-8-7-11-23(12-13)16-17(25-4)22-15-10-6-5-9-14(15)21-16/h5-6,9-10,13H,7-8,11-12H2,1-4H3,(H,20,24)/t13-/m1/s1. The van der Waals surface area contributed by atoms with Crippen molar-refractivity contribution in [3.63, 3.8) is 0 Å². The van der Waals surface area contributed by atoms with Gasteiger partial charge < -0.3 is 19.7 Å². The SMILES string of the molecule is COc1nc2ccccc2nc1N1CCC[C@@H](NC(=O)OC(C)(C)C)C1. The van der Waals surface area contributed by atoms with Crippen LogP contribution in [-0.2, 0) is 4.74 Å². The molecule has 1 aliphatic rings. The van der Waals surface area contributed by atoms with Gasteiger partial charge in [-0.2, -0.15) is 0 Å². The fourth-order valence-electron chi connectivity index (χ4n) is 3.08. The molecule has 26 heavy (non-hydrogen) atoms. The summed E-state index contributed by atoms with van der Waals surface area (Å²) in [5, 5.41) is 2.96. The van der Waals surface area contributed by atoms with Gasteiger partial charge in [0.15, 0.2) is 5.82 Å². The van der Waals surface area contributed by atoms with Crippen LogP contribution in [0.5, 0.6) is 5.88 Å². The lowest BCUT2D eigenvalue weighted by Crippen LogP contribution is -2.49. The van der Waals surface area contributed by atoms with Gasteiger partial charge in [0, 0.05) is 19.1 Å². The average Bonchev–Trinajstić information content (AvgIpc) is 2.59. The van der Waals surface area contributed by atoms with Crippen LogP contribution in [0.25, 0.3) is 11.0 Å². The first-order valence-corrected chi connectivity index (χ1v) is 8.91. The molecule has 7 nitrogen and oxygen atoms in total. The molecule has 0 bridgehead atoms. The maximum atomic E-state index is 12.1. The predicted molar refractivity (Wildman–Crippen MR) is 101 cm³/mol. The first kappa shape index (κ1) is 18.2. The highest BCUT2D eigenvalue weighted by Crippen LogP contribution is 2.29. The number of fused-ring (bicyclic) bond motifs is 1. The Kier molecular flexibility index (Phi) is 5.15. The third kappa shape index (κ3) is 4.33. The van der Waals surface area contributed by atoms with Crippen molar-refractivity contribution >= 4 is 22.9 Å². The van der Waals surface area contributed by atoms with Crippen molar-refractivity contribution in [2.24, 2.45) is 0 Å². The van der Waals surface area contributed by atoms with E-state index in [-0.39, 0.29) is 12.1 Å². The van der Waals surface area contributed by atoms with Gasteiger partial charge in [-0.3, -0.25) is 0 Å². The van der Waals surface area contributed by atoms with Crippen LogP contribution >= 0.6 is 0 Å². The fourth-order valence-corrected chi connectivity index (χ4v) is 3.08. The number of amides is 1. The zero-order valence-corrected chi connectivity index (χ0v) is 15.8. The molecule has 1 fully saturated rings. The van der Waals surface area contributed by atoms with Crippen LogP contribution in [0.4, 0.5) is 10.6 Å². The molecule has 1 aromatic carbocycles. The number of ether oxygens (including phenoxy) is 2. The number of hydrogen-bond donors (Lipinski definition) is 1. The largest absolute Gasteiger partial charge is 0.478 e. The number of carbonyl (C=O) groups excluding carboxylic acids is 1. The molecule has 0 radical (unpaired) electrons. The van der Waals surface area contributed by atoms with E-state index in [9.17, 15) is 4.79 Å². The highest BCUT2D eigenvalue weighted by Gasteiger charge is 2.27. The quantitative estimate of drug-likeness (QED) is 0.908. The van der Waals surface area contributed by atoms with Gasteiger partial charge in [0.1, 0.15) is 5.60 Å². The molecule has 1 saturated heterocycles. The maximum absolute atomic E-state index is 12.1. The van der Waals surface area contributed by atoms with Crippen LogP contribution in [-0.4, -0.2) is 47.9 Å². The summed E-state index contributed by atoms with van der Waals surface area (Å²) in [6, 6.07) is 7.72. The summed E-state index contributed by atoms with van der Waals surface area (Å²) in [5.74, 6) is 1.21. The molecule has 1 amide bonds. The molecule has 0 saturated carbocycles. The summed E-state index contributed by atoms with van der Waals surface area (Å²) in [6.07, 6.45) is 1.46. The van der Waals surface area contributed by atoms with Crippen LogP contribution in [0.15, 0.2) is 24.3 Å². The van der Waals surface area contributed by atoms with E-state index in [1.54, 1.807) is 7.11 Å². The minimum absolute atomic E-state index is 0.00317. The molecule has 0 spiro atoms. The van der Waals surface area contributed by atoms with Gasteiger partial charge >= 0.3 is 6.09 Å². The Hall–Kier alpha value is -2.57. The molecule has 1 N–H and O–H groups in total. The van der Waals surface area contributed by atoms with Crippen molar-refractivity contribution in [1.29, 1.82) is 0 Å². The van der Waals surface area contributed by atoms with E-state index < -0.39 is 5.60 Å². The Morgan fingerprint density at radius 2 is 1.92 bits per heavy atom. The number of alkyl carbamates (subject to hydrolysis) is 1. The van der Waals surface area contributed by atoms with Crippen molar-refractivity contribution in [3.8, 4) is 5.88 Å². The number of methoxy groups -OCH3 is 1. The number of nitrogens with zero attached hydrogens (tertiary/aromatic N) is 3. The van der Waals surface area contributed by atoms with Crippen LogP contribution < -0.4 is 15.0 Å². The number of rotatable bonds is 3. The highest BCUT2D eigenvalue weighted by molar-refractivity contribution is 5.77. The molecule has 140 valence electrons. The predicted octanol–water partition coefficient (Wildman–Crippen LogP) is 3.13. The Balaban J connectivity index is 1.77. The number of anilines is 1. The zero-order valence-electron chi connectivity index (χ0n) is 15.8. The van der Waals surface area contributed by atoms with Crippen molar-refractivity contribution < 1.29 is 14.3 Å². The molecule has 1 aliphatic heterocycles. The van der Waals surface area contributed by atoms with Crippen molar-refractivity contribution in [2.45, 2.75) is 45.3 Å². The normalized spacial score (nSPS) is 17.8. The molecule has 1 aromatic heterocycles. The topological polar surface area (TPSA) is 76.6 Å². The van der Waals surface area contributed by atoms with Gasteiger partial charge in [-0.1, -0.05) is 12.1 Å². The number of carbonyl (C=O) groups is 1. The molecule has 1 atom stereocenters. The van der Waals surface area contributed by atoms with Crippen molar-refractivity contribution in [1.82, 2.24) is 15.3 Å². The van der Waals surface area contributed by atoms with E-state index in [1.165, 1.54) is 0 Å². The first-order valence-electron chi connectivity index (χ1n) is 8.91. The average molecular weight is 358 g/mol. The Morgan fingerprint density at radius 3 is 2.58 bits per heavy atom. The summed E-state index contributed by atoms with van der Waals surface area (Å²) in [4.78, 5) is 23.5. The summed E-state index contributed by atoms with van der Waals surface area (Å²) >= 11 is 0. The first-order chi connectivity index (χ1) is 12.4. The highest BCUT2D eigenvalue weighted by atomic mass is 16.6. The third-order valence-corrected chi connectivity index (χ3v) is 4.16. The minimum atomic E-state index is -0.508. The molecular weight excluding hydrogens is 332 g/mol. The van der Waals surface area contributed by atoms with Crippen molar-refractivity contribution in [2.75, 3.05) is 25.1 Å². The number of piperidine rings is 1. The Morgan fingerprint density at radius 1 is 1.23 bits per heavy atom. The number of aromatic nitrogens is 2. The van der Waals surface area contributed by atoms with E-state index >= 15 is 0 Å². The lowest BCUT2D eigenvalue weighted by molar-refractivity contribution is 0.0500. The zero-order chi connectivity index (χ0) is 18.7. The third-order valence-electron chi connectivity index (χ3n) is 4.16. The summed E-state index contributed by atoms with van der Waals surface area (Å²) in [5.41, 5.74) is 1.12. The molecular formula is C19H26N4O3. The minimum Gasteiger partial charge on any atom is -0.478 e. The lowest BCUT2D eigenvalue weighted by Gasteiger charge is -2.34. The van der Waals surface area contributed by atoms with E-state index in [0.29, 0.717) is 18.2 Å². The van der Waals surface area contributed by atoms with Crippen LogP contribution in [0.3, 0.4) is 0 Å². The van der Waals surface area contributed by atoms with Crippen LogP contribution in [0.1, 0.15) is 33.6 Å². The van der Waals surface area contributed by atoms with Gasteiger partial charge in [0.2, 0.25) is 0 Å². The Labute approximate surface area is 153 Å². The number of benzene rings is 1. The fraction of sp³-hybridized carbons (Fsp3) is 0.526. The van der Waals surface area contributed by atoms with Gasteiger partial charge in [-0.25, -0.2) is 14.8 Å². The molecule has 0 aliphatic carbocycles. The molecule has 0 unspecified atom stereocenters. The lowest BCUT2D eigenvalue weighted by atomic mass is 10.1. The maximum Gasteiger partial charge on any atom is 0.407 e. The second kappa shape index (κ2) is 7.35. The molecule has 7 heteroatoms. The van der Waals surface area contributed by atoms with Gasteiger partial charge in [0.25, 0.3) is 5.88 Å². The summed E-state index contributed by atoms with van der Waals surface area (Å²) in [6.45, 7) is 7.05. The van der Waals surface area contributed by atoms with E-state index in [0.717, 1.165) is 30.4 Å². The monoisotopic (exact) mass is 358 g/mol. The van der Waals surface area contributed by atoms with Gasteiger partial charge in [-0.15, -0.1) is 0 Å². The van der Waals surface area contributed by atoms with Gasteiger partial charge in [0.05, 0.1) is 18.1 Å². The van der Waals surface area contributed by atoms with Crippen molar-refractivity contribution in [3.05, 3.63) is 24.3 Å². The molecule has 2 heterocycles. The van der Waals surface area contributed by atoms with Crippen LogP contribution in [0.2, 0.25) is 0 Å². The molecule has 3 rings (SSSR count). The van der Waals surface area contributed by atoms with E-state index in [2.05, 4.69) is 15.2 Å². The summed E-state index contributed by atoms with van der Waals surface area (Å²) < 4.78 is 10.8.